The van der Waals surface area contributed by atoms with E-state index in [1.807, 2.05) is 0 Å². The molecule has 0 amide bonds. The molecule has 24 heavy (non-hydrogen) atoms. The number of halogens is 1. The normalized spacial score (nSPS) is 28.3. The zero-order valence-corrected chi connectivity index (χ0v) is 14.5. The predicted octanol–water partition coefficient (Wildman–Crippen LogP) is 1.06. The maximum atomic E-state index is 13.6. The van der Waals surface area contributed by atoms with Gasteiger partial charge in [0.2, 0.25) is 0 Å². The van der Waals surface area contributed by atoms with E-state index in [4.69, 9.17) is 0 Å². The van der Waals surface area contributed by atoms with Crippen LogP contribution in [0.4, 0.5) is 4.39 Å². The highest BCUT2D eigenvalue weighted by atomic mass is 32.2. The van der Waals surface area contributed by atoms with Crippen LogP contribution in [0.1, 0.15) is 18.4 Å². The summed E-state index contributed by atoms with van der Waals surface area (Å²) in [5.74, 6) is -3.42. The van der Waals surface area contributed by atoms with Crippen molar-refractivity contribution in [3.63, 3.8) is 0 Å². The Hall–Kier alpha value is -1.35. The molecule has 1 fully saturated rings. The third kappa shape index (κ3) is 4.18. The number of benzene rings is 1. The maximum Gasteiger partial charge on any atom is 0.265 e. The average Bonchev–Trinajstić information content (AvgIpc) is 2.45. The summed E-state index contributed by atoms with van der Waals surface area (Å²) < 4.78 is 45.4. The van der Waals surface area contributed by atoms with Crippen molar-refractivity contribution < 1.29 is 27.3 Å². The summed E-state index contributed by atoms with van der Waals surface area (Å²) >= 11 is 0. The maximum absolute atomic E-state index is 13.6. The van der Waals surface area contributed by atoms with Gasteiger partial charge in [-0.05, 0) is 38.2 Å². The average molecular weight is 359 g/mol. The summed E-state index contributed by atoms with van der Waals surface area (Å²) in [6.45, 7) is 0.221. The molecule has 1 aromatic carbocycles. The molecule has 1 aliphatic carbocycles. The molecule has 0 radical (unpaired) electrons. The Kier molecular flexibility index (Phi) is 5.44. The van der Waals surface area contributed by atoms with Crippen LogP contribution in [0.15, 0.2) is 24.3 Å². The monoisotopic (exact) mass is 359 g/mol. The first kappa shape index (κ1) is 19.0. The fourth-order valence-corrected chi connectivity index (χ4v) is 4.34. The molecule has 0 aliphatic heterocycles. The largest absolute Gasteiger partial charge is 0.385 e. The van der Waals surface area contributed by atoms with E-state index in [-0.39, 0.29) is 25.2 Å². The summed E-state index contributed by atoms with van der Waals surface area (Å²) in [7, 11) is -0.927. The molecule has 3 atom stereocenters. The number of hydrogen-bond donors (Lipinski definition) is 2. The molecule has 1 saturated carbocycles. The molecule has 0 bridgehead atoms. The highest BCUT2D eigenvalue weighted by Crippen LogP contribution is 2.44. The Morgan fingerprint density at radius 1 is 1.38 bits per heavy atom. The lowest BCUT2D eigenvalue weighted by Gasteiger charge is -2.45. The minimum absolute atomic E-state index is 0.0306. The smallest absolute Gasteiger partial charge is 0.265 e. The minimum atomic E-state index is -4.39. The fourth-order valence-electron chi connectivity index (χ4n) is 3.47. The summed E-state index contributed by atoms with van der Waals surface area (Å²) in [5.41, 5.74) is -1.24. The third-order valence-corrected chi connectivity index (χ3v) is 5.32. The first-order valence-corrected chi connectivity index (χ1v) is 9.25. The Bertz CT molecular complexity index is 721. The van der Waals surface area contributed by atoms with Crippen molar-refractivity contribution >= 4 is 15.9 Å². The topological polar surface area (TPSA) is 94.9 Å². The van der Waals surface area contributed by atoms with Gasteiger partial charge in [0.05, 0.1) is 11.4 Å². The number of ketones is 1. The van der Waals surface area contributed by atoms with E-state index in [1.54, 1.807) is 25.1 Å². The van der Waals surface area contributed by atoms with Gasteiger partial charge in [-0.25, -0.2) is 4.39 Å². The van der Waals surface area contributed by atoms with Gasteiger partial charge in [0.1, 0.15) is 11.6 Å². The fraction of sp³-hybridized carbons (Fsp3) is 0.562. The Morgan fingerprint density at radius 2 is 2.04 bits per heavy atom. The van der Waals surface area contributed by atoms with Gasteiger partial charge in [0.25, 0.3) is 10.1 Å². The molecule has 3 unspecified atom stereocenters. The lowest BCUT2D eigenvalue weighted by Crippen LogP contribution is -2.52. The van der Waals surface area contributed by atoms with E-state index in [1.165, 1.54) is 18.2 Å². The first-order chi connectivity index (χ1) is 11.0. The molecule has 1 aliphatic rings. The van der Waals surface area contributed by atoms with Crippen molar-refractivity contribution in [1.82, 2.24) is 4.90 Å². The van der Waals surface area contributed by atoms with Gasteiger partial charge in [-0.15, -0.1) is 0 Å². The molecule has 0 saturated heterocycles. The van der Waals surface area contributed by atoms with Gasteiger partial charge in [0, 0.05) is 24.8 Å². The molecule has 134 valence electrons. The van der Waals surface area contributed by atoms with Crippen LogP contribution in [0, 0.1) is 17.7 Å². The number of Topliss-reactive ketones (excluding diaryl/α,β-unsaturated/α-hetero) is 1. The Labute approximate surface area is 141 Å². The van der Waals surface area contributed by atoms with Crippen LogP contribution in [0.5, 0.6) is 0 Å². The van der Waals surface area contributed by atoms with Gasteiger partial charge in [-0.2, -0.15) is 8.42 Å². The van der Waals surface area contributed by atoms with Crippen LogP contribution < -0.4 is 0 Å². The van der Waals surface area contributed by atoms with Gasteiger partial charge in [-0.3, -0.25) is 9.35 Å². The zero-order chi connectivity index (χ0) is 18.1. The van der Waals surface area contributed by atoms with E-state index in [0.29, 0.717) is 5.56 Å². The highest BCUT2D eigenvalue weighted by molar-refractivity contribution is 7.85. The van der Waals surface area contributed by atoms with Gasteiger partial charge < -0.3 is 10.0 Å². The van der Waals surface area contributed by atoms with Crippen molar-refractivity contribution in [2.24, 2.45) is 11.8 Å². The third-order valence-electron chi connectivity index (χ3n) is 4.54. The first-order valence-electron chi connectivity index (χ1n) is 7.64. The second-order valence-corrected chi connectivity index (χ2v) is 8.12. The Balaban J connectivity index is 2.50. The van der Waals surface area contributed by atoms with Crippen LogP contribution in [0.25, 0.3) is 0 Å². The summed E-state index contributed by atoms with van der Waals surface area (Å²) in [6, 6.07) is 5.47. The quantitative estimate of drug-likeness (QED) is 0.764. The van der Waals surface area contributed by atoms with Crippen molar-refractivity contribution in [3.05, 3.63) is 35.6 Å². The number of rotatable bonds is 5. The molecular formula is C16H22FNO5S. The summed E-state index contributed by atoms with van der Waals surface area (Å²) in [4.78, 5) is 14.0. The SMILES string of the molecule is CN(C)CC1C(CS(=O)(=O)O)C(=O)CCC1(O)c1cccc(F)c1. The molecule has 6 nitrogen and oxygen atoms in total. The molecule has 0 spiro atoms. The molecule has 0 aromatic heterocycles. The van der Waals surface area contributed by atoms with E-state index in [2.05, 4.69) is 0 Å². The van der Waals surface area contributed by atoms with Crippen LogP contribution in [-0.4, -0.2) is 55.2 Å². The van der Waals surface area contributed by atoms with Crippen molar-refractivity contribution in [2.45, 2.75) is 18.4 Å². The second-order valence-electron chi connectivity index (χ2n) is 6.62. The Morgan fingerprint density at radius 3 is 2.58 bits per heavy atom. The van der Waals surface area contributed by atoms with Gasteiger partial charge in [0.15, 0.2) is 0 Å². The van der Waals surface area contributed by atoms with Crippen LogP contribution in [0.2, 0.25) is 0 Å². The number of hydrogen-bond acceptors (Lipinski definition) is 5. The number of aliphatic hydroxyl groups is 1. The number of nitrogens with zero attached hydrogens (tertiary/aromatic N) is 1. The van der Waals surface area contributed by atoms with Gasteiger partial charge in [-0.1, -0.05) is 12.1 Å². The highest BCUT2D eigenvalue weighted by Gasteiger charge is 2.50. The molecule has 2 rings (SSSR count). The zero-order valence-electron chi connectivity index (χ0n) is 13.6. The van der Waals surface area contributed by atoms with Crippen LogP contribution in [-0.2, 0) is 20.5 Å². The lowest BCUT2D eigenvalue weighted by atomic mass is 9.66. The van der Waals surface area contributed by atoms with E-state index in [9.17, 15) is 27.3 Å². The minimum Gasteiger partial charge on any atom is -0.385 e. The van der Waals surface area contributed by atoms with Crippen LogP contribution >= 0.6 is 0 Å². The van der Waals surface area contributed by atoms with Crippen molar-refractivity contribution in [3.8, 4) is 0 Å². The summed E-state index contributed by atoms with van der Waals surface area (Å²) in [5, 5.41) is 11.2. The van der Waals surface area contributed by atoms with Crippen molar-refractivity contribution in [2.75, 3.05) is 26.4 Å². The number of carbonyl (C=O) groups excluding carboxylic acids is 1. The molecule has 0 heterocycles. The molecule has 2 N–H and O–H groups in total. The van der Waals surface area contributed by atoms with Crippen molar-refractivity contribution in [1.29, 1.82) is 0 Å². The van der Waals surface area contributed by atoms with E-state index in [0.717, 1.165) is 0 Å². The summed E-state index contributed by atoms with van der Waals surface area (Å²) in [6.07, 6.45) is 0.0485. The second kappa shape index (κ2) is 6.87. The molecule has 1 aromatic rings. The van der Waals surface area contributed by atoms with E-state index < -0.39 is 39.1 Å². The lowest BCUT2D eigenvalue weighted by molar-refractivity contribution is -0.141. The molecule has 8 heteroatoms. The molecular weight excluding hydrogens is 337 g/mol. The standard InChI is InChI=1S/C16H22FNO5S/c1-18(2)9-14-13(10-24(21,22)23)15(19)6-7-16(14,20)11-4-3-5-12(17)8-11/h3-5,8,13-14,20H,6-7,9-10H2,1-2H3,(H,21,22,23). The van der Waals surface area contributed by atoms with Crippen LogP contribution in [0.3, 0.4) is 0 Å². The predicted molar refractivity (Wildman–Crippen MR) is 86.5 cm³/mol. The number of carbonyl (C=O) groups is 1. The van der Waals surface area contributed by atoms with E-state index >= 15 is 0 Å². The van der Waals surface area contributed by atoms with Gasteiger partial charge >= 0.3 is 0 Å².